The number of hydrogen-bond acceptors (Lipinski definition) is 2. The van der Waals surface area contributed by atoms with Crippen molar-refractivity contribution in [2.75, 3.05) is 6.61 Å². The Kier molecular flexibility index (Phi) is 4.97. The van der Waals surface area contributed by atoms with E-state index in [4.69, 9.17) is 4.74 Å². The van der Waals surface area contributed by atoms with Crippen LogP contribution in [0.5, 0.6) is 11.5 Å². The number of halogens is 5. The van der Waals surface area contributed by atoms with Gasteiger partial charge in [-0.25, -0.2) is 13.2 Å². The van der Waals surface area contributed by atoms with Gasteiger partial charge in [-0.3, -0.25) is 0 Å². The third-order valence-electron chi connectivity index (χ3n) is 3.75. The number of benzene rings is 3. The summed E-state index contributed by atoms with van der Waals surface area (Å²) < 4.78 is 76.6. The molecule has 0 atom stereocenters. The van der Waals surface area contributed by atoms with Crippen LogP contribution in [0.25, 0.3) is 21.9 Å². The molecule has 0 aromatic heterocycles. The molecule has 0 bridgehead atoms. The van der Waals surface area contributed by atoms with E-state index < -0.39 is 29.8 Å². The fourth-order valence-corrected chi connectivity index (χ4v) is 2.69. The summed E-state index contributed by atoms with van der Waals surface area (Å²) in [4.78, 5) is 0. The van der Waals surface area contributed by atoms with Gasteiger partial charge in [-0.15, -0.1) is 0 Å². The highest BCUT2D eigenvalue weighted by atomic mass is 19.3. The molecule has 2 nitrogen and oxygen atoms in total. The van der Waals surface area contributed by atoms with Gasteiger partial charge >= 0.3 is 6.61 Å². The van der Waals surface area contributed by atoms with Crippen molar-refractivity contribution in [2.45, 2.75) is 13.5 Å². The highest BCUT2D eigenvalue weighted by Crippen LogP contribution is 2.34. The fourth-order valence-electron chi connectivity index (χ4n) is 2.69. The van der Waals surface area contributed by atoms with Crippen LogP contribution in [-0.4, -0.2) is 13.2 Å². The summed E-state index contributed by atoms with van der Waals surface area (Å²) in [6.07, 6.45) is 0. The maximum atomic E-state index is 14.3. The van der Waals surface area contributed by atoms with Crippen LogP contribution in [0, 0.1) is 17.5 Å². The molecule has 3 rings (SSSR count). The van der Waals surface area contributed by atoms with E-state index in [9.17, 15) is 22.0 Å². The van der Waals surface area contributed by atoms with Crippen LogP contribution in [0.3, 0.4) is 0 Å². The number of rotatable bonds is 5. The van der Waals surface area contributed by atoms with Crippen molar-refractivity contribution in [3.05, 3.63) is 59.9 Å². The van der Waals surface area contributed by atoms with Gasteiger partial charge in [-0.1, -0.05) is 18.2 Å². The van der Waals surface area contributed by atoms with Gasteiger partial charge in [-0.05, 0) is 30.0 Å². The van der Waals surface area contributed by atoms with Gasteiger partial charge in [0.1, 0.15) is 17.4 Å². The minimum atomic E-state index is -3.16. The first-order valence-electron chi connectivity index (χ1n) is 7.70. The molecular weight excluding hydrogens is 355 g/mol. The molecule has 0 spiro atoms. The smallest absolute Gasteiger partial charge is 0.387 e. The Labute approximate surface area is 145 Å². The SMILES string of the molecule is CCOc1cc(F)c(-c2ccc3c(F)c(OC(F)F)ccc3c2)c(F)c1. The van der Waals surface area contributed by atoms with Gasteiger partial charge in [0.25, 0.3) is 0 Å². The average molecular weight is 368 g/mol. The normalized spacial score (nSPS) is 11.2. The molecule has 0 saturated heterocycles. The van der Waals surface area contributed by atoms with Crippen molar-refractivity contribution in [2.24, 2.45) is 0 Å². The second-order valence-electron chi connectivity index (χ2n) is 5.39. The van der Waals surface area contributed by atoms with E-state index in [0.29, 0.717) is 0 Å². The van der Waals surface area contributed by atoms with Crippen LogP contribution < -0.4 is 9.47 Å². The van der Waals surface area contributed by atoms with Crippen LogP contribution >= 0.6 is 0 Å². The minimum Gasteiger partial charge on any atom is -0.494 e. The van der Waals surface area contributed by atoms with Gasteiger partial charge in [-0.2, -0.15) is 8.78 Å². The zero-order valence-corrected chi connectivity index (χ0v) is 13.5. The molecule has 3 aromatic carbocycles. The molecule has 0 aliphatic rings. The lowest BCUT2D eigenvalue weighted by atomic mass is 9.99. The van der Waals surface area contributed by atoms with E-state index in [1.165, 1.54) is 24.3 Å². The van der Waals surface area contributed by atoms with Crippen LogP contribution in [-0.2, 0) is 0 Å². The average Bonchev–Trinajstić information content (AvgIpc) is 2.57. The molecule has 26 heavy (non-hydrogen) atoms. The lowest BCUT2D eigenvalue weighted by Crippen LogP contribution is -2.03. The van der Waals surface area contributed by atoms with Gasteiger partial charge in [0, 0.05) is 17.5 Å². The Hall–Kier alpha value is -2.83. The van der Waals surface area contributed by atoms with Crippen LogP contribution in [0.4, 0.5) is 22.0 Å². The summed E-state index contributed by atoms with van der Waals surface area (Å²) in [5.74, 6) is -3.16. The molecule has 0 aliphatic carbocycles. The number of fused-ring (bicyclic) bond motifs is 1. The molecule has 3 aromatic rings. The molecule has 0 N–H and O–H groups in total. The largest absolute Gasteiger partial charge is 0.494 e. The predicted octanol–water partition coefficient (Wildman–Crippen LogP) is 5.92. The fraction of sp³-hybridized carbons (Fsp3) is 0.158. The van der Waals surface area contributed by atoms with Gasteiger partial charge < -0.3 is 9.47 Å². The summed E-state index contributed by atoms with van der Waals surface area (Å²) in [5.41, 5.74) is -0.110. The third kappa shape index (κ3) is 3.42. The van der Waals surface area contributed by atoms with Gasteiger partial charge in [0.05, 0.1) is 12.2 Å². The summed E-state index contributed by atoms with van der Waals surface area (Å²) in [7, 11) is 0. The van der Waals surface area contributed by atoms with Crippen molar-refractivity contribution < 1.29 is 31.4 Å². The number of hydrogen-bond donors (Lipinski definition) is 0. The highest BCUT2D eigenvalue weighted by molar-refractivity contribution is 5.89. The van der Waals surface area contributed by atoms with Crippen molar-refractivity contribution >= 4 is 10.8 Å². The van der Waals surface area contributed by atoms with E-state index in [2.05, 4.69) is 4.74 Å². The number of alkyl halides is 2. The topological polar surface area (TPSA) is 18.5 Å². The second kappa shape index (κ2) is 7.19. The molecule has 0 saturated carbocycles. The molecule has 0 radical (unpaired) electrons. The summed E-state index contributed by atoms with van der Waals surface area (Å²) in [6.45, 7) is -1.21. The Morgan fingerprint density at radius 2 is 1.62 bits per heavy atom. The van der Waals surface area contributed by atoms with Crippen LogP contribution in [0.1, 0.15) is 6.92 Å². The molecule has 0 unspecified atom stereocenters. The molecule has 0 amide bonds. The quantitative estimate of drug-likeness (QED) is 0.520. The van der Waals surface area contributed by atoms with Crippen molar-refractivity contribution in [3.8, 4) is 22.6 Å². The molecule has 0 aliphatic heterocycles. The Morgan fingerprint density at radius 3 is 2.23 bits per heavy atom. The predicted molar refractivity (Wildman–Crippen MR) is 87.1 cm³/mol. The zero-order valence-electron chi connectivity index (χ0n) is 13.5. The Morgan fingerprint density at radius 1 is 0.923 bits per heavy atom. The third-order valence-corrected chi connectivity index (χ3v) is 3.75. The van der Waals surface area contributed by atoms with E-state index in [1.54, 1.807) is 6.92 Å². The molecule has 0 heterocycles. The summed E-state index contributed by atoms with van der Waals surface area (Å²) >= 11 is 0. The first-order valence-corrected chi connectivity index (χ1v) is 7.70. The van der Waals surface area contributed by atoms with Gasteiger partial charge in [0.2, 0.25) is 0 Å². The lowest BCUT2D eigenvalue weighted by molar-refractivity contribution is -0.0520. The number of ether oxygens (including phenoxy) is 2. The van der Waals surface area contributed by atoms with Crippen LogP contribution in [0.2, 0.25) is 0 Å². The van der Waals surface area contributed by atoms with Crippen LogP contribution in [0.15, 0.2) is 42.5 Å². The first kappa shape index (κ1) is 18.0. The van der Waals surface area contributed by atoms with E-state index in [1.807, 2.05) is 0 Å². The van der Waals surface area contributed by atoms with E-state index in [-0.39, 0.29) is 34.3 Å². The van der Waals surface area contributed by atoms with Crippen molar-refractivity contribution in [1.82, 2.24) is 0 Å². The highest BCUT2D eigenvalue weighted by Gasteiger charge is 2.17. The van der Waals surface area contributed by atoms with Crippen molar-refractivity contribution in [1.29, 1.82) is 0 Å². The maximum Gasteiger partial charge on any atom is 0.387 e. The molecule has 7 heteroatoms. The zero-order chi connectivity index (χ0) is 18.8. The Bertz CT molecular complexity index is 933. The molecule has 136 valence electrons. The second-order valence-corrected chi connectivity index (χ2v) is 5.39. The van der Waals surface area contributed by atoms with Gasteiger partial charge in [0.15, 0.2) is 11.6 Å². The summed E-state index contributed by atoms with van der Waals surface area (Å²) in [6, 6.07) is 8.43. The Balaban J connectivity index is 2.08. The maximum absolute atomic E-state index is 14.3. The monoisotopic (exact) mass is 368 g/mol. The minimum absolute atomic E-state index is 0.00125. The molecular formula is C19H13F5O2. The van der Waals surface area contributed by atoms with Crippen molar-refractivity contribution in [3.63, 3.8) is 0 Å². The van der Waals surface area contributed by atoms with E-state index in [0.717, 1.165) is 18.2 Å². The molecule has 0 fully saturated rings. The first-order chi connectivity index (χ1) is 12.4. The van der Waals surface area contributed by atoms with E-state index >= 15 is 0 Å². The standard InChI is InChI=1S/C19H13F5O2/c1-2-25-12-8-14(20)17(15(21)9-12)11-3-5-13-10(7-11)4-6-16(18(13)22)26-19(23)24/h3-9,19H,2H2,1H3. The summed E-state index contributed by atoms with van der Waals surface area (Å²) in [5, 5.41) is 0.285. The lowest BCUT2D eigenvalue weighted by Gasteiger charge is -2.11.